The molecule has 0 aromatic carbocycles. The van der Waals surface area contributed by atoms with Gasteiger partial charge >= 0.3 is 0 Å². The first-order chi connectivity index (χ1) is 8.49. The van der Waals surface area contributed by atoms with E-state index in [4.69, 9.17) is 0 Å². The number of halogens is 1. The van der Waals surface area contributed by atoms with Crippen LogP contribution < -0.4 is 0 Å². The minimum atomic E-state index is -0.272. The summed E-state index contributed by atoms with van der Waals surface area (Å²) in [5.41, 5.74) is 0.706. The Bertz CT molecular complexity index is 434. The maximum absolute atomic E-state index is 12.3. The van der Waals surface area contributed by atoms with Gasteiger partial charge in [-0.25, -0.2) is 0 Å². The van der Waals surface area contributed by atoms with Gasteiger partial charge in [0.2, 0.25) is 0 Å². The summed E-state index contributed by atoms with van der Waals surface area (Å²) in [6.07, 6.45) is 3.38. The zero-order chi connectivity index (χ0) is 13.3. The number of aromatic nitrogens is 1. The van der Waals surface area contributed by atoms with E-state index < -0.39 is 0 Å². The number of hydrogen-bond acceptors (Lipinski definition) is 2. The molecule has 5 heteroatoms. The summed E-state index contributed by atoms with van der Waals surface area (Å²) in [6, 6.07) is 1.85. The number of aliphatic hydroxyl groups is 1. The zero-order valence-corrected chi connectivity index (χ0v) is 12.4. The summed E-state index contributed by atoms with van der Waals surface area (Å²) in [5, 5.41) is 9.55. The lowest BCUT2D eigenvalue weighted by molar-refractivity contribution is 0.0514. The van der Waals surface area contributed by atoms with Gasteiger partial charge in [-0.3, -0.25) is 4.79 Å². The Labute approximate surface area is 116 Å². The van der Waals surface area contributed by atoms with Crippen molar-refractivity contribution in [3.8, 4) is 0 Å². The molecule has 0 saturated carbocycles. The van der Waals surface area contributed by atoms with E-state index in [2.05, 4.69) is 15.9 Å². The fourth-order valence-corrected chi connectivity index (χ4v) is 3.01. The fourth-order valence-electron chi connectivity index (χ4n) is 2.48. The van der Waals surface area contributed by atoms with E-state index in [1.807, 2.05) is 35.7 Å². The average molecular weight is 315 g/mol. The maximum Gasteiger partial charge on any atom is 0.270 e. The van der Waals surface area contributed by atoms with Gasteiger partial charge in [0, 0.05) is 30.8 Å². The Morgan fingerprint density at radius 1 is 1.50 bits per heavy atom. The fraction of sp³-hybridized carbons (Fsp3) is 0.615. The van der Waals surface area contributed by atoms with Crippen molar-refractivity contribution in [1.82, 2.24) is 9.47 Å². The van der Waals surface area contributed by atoms with Crippen LogP contribution >= 0.6 is 15.9 Å². The van der Waals surface area contributed by atoms with Crippen molar-refractivity contribution in [2.45, 2.75) is 25.9 Å². The standard InChI is InChI=1S/C13H19BrN2O2/c1-9(17)10-3-5-16(6-4-10)13(18)12-7-11(14)8-15(12)2/h7-10,17H,3-6H2,1-2H3. The number of amides is 1. The molecule has 0 radical (unpaired) electrons. The lowest BCUT2D eigenvalue weighted by Gasteiger charge is -2.33. The van der Waals surface area contributed by atoms with E-state index in [1.165, 1.54) is 0 Å². The molecule has 2 heterocycles. The van der Waals surface area contributed by atoms with Crippen molar-refractivity contribution >= 4 is 21.8 Å². The second-order valence-electron chi connectivity index (χ2n) is 5.02. The van der Waals surface area contributed by atoms with Crippen LogP contribution in [0.2, 0.25) is 0 Å². The Kier molecular flexibility index (Phi) is 4.12. The third-order valence-electron chi connectivity index (χ3n) is 3.70. The van der Waals surface area contributed by atoms with Crippen LogP contribution in [0.3, 0.4) is 0 Å². The minimum absolute atomic E-state index is 0.0762. The monoisotopic (exact) mass is 314 g/mol. The number of carbonyl (C=O) groups excluding carboxylic acids is 1. The van der Waals surface area contributed by atoms with E-state index in [0.717, 1.165) is 30.4 Å². The van der Waals surface area contributed by atoms with Gasteiger partial charge in [-0.15, -0.1) is 0 Å². The van der Waals surface area contributed by atoms with Crippen LogP contribution in [0, 0.1) is 5.92 Å². The molecule has 1 aromatic heterocycles. The third-order valence-corrected chi connectivity index (χ3v) is 4.13. The predicted octanol–water partition coefficient (Wildman–Crippen LogP) is 2.02. The number of nitrogens with zero attached hydrogens (tertiary/aromatic N) is 2. The molecule has 1 aromatic rings. The first kappa shape index (κ1) is 13.6. The molecule has 0 aliphatic carbocycles. The van der Waals surface area contributed by atoms with Crippen LogP contribution in [0.4, 0.5) is 0 Å². The van der Waals surface area contributed by atoms with E-state index in [1.54, 1.807) is 0 Å². The number of piperidine rings is 1. The Hall–Kier alpha value is -0.810. The van der Waals surface area contributed by atoms with Crippen molar-refractivity contribution in [1.29, 1.82) is 0 Å². The molecule has 1 amide bonds. The van der Waals surface area contributed by atoms with Crippen molar-refractivity contribution in [2.75, 3.05) is 13.1 Å². The Morgan fingerprint density at radius 2 is 2.11 bits per heavy atom. The molecule has 1 N–H and O–H groups in total. The largest absolute Gasteiger partial charge is 0.393 e. The molecule has 1 aliphatic heterocycles. The Morgan fingerprint density at radius 3 is 2.56 bits per heavy atom. The maximum atomic E-state index is 12.3. The third kappa shape index (κ3) is 2.78. The number of aryl methyl sites for hydroxylation is 1. The number of rotatable bonds is 2. The number of aliphatic hydroxyl groups excluding tert-OH is 1. The summed E-state index contributed by atoms with van der Waals surface area (Å²) in [4.78, 5) is 14.2. The van der Waals surface area contributed by atoms with Gasteiger partial charge in [-0.05, 0) is 47.7 Å². The molecular weight excluding hydrogens is 296 g/mol. The van der Waals surface area contributed by atoms with Gasteiger partial charge < -0.3 is 14.6 Å². The SMILES string of the molecule is CC(O)C1CCN(C(=O)c2cc(Br)cn2C)CC1. The predicted molar refractivity (Wildman–Crippen MR) is 73.4 cm³/mol. The summed E-state index contributed by atoms with van der Waals surface area (Å²) in [5.74, 6) is 0.404. The normalized spacial score (nSPS) is 19.0. The quantitative estimate of drug-likeness (QED) is 0.907. The Balaban J connectivity index is 2.02. The highest BCUT2D eigenvalue weighted by molar-refractivity contribution is 9.10. The van der Waals surface area contributed by atoms with Gasteiger partial charge in [0.25, 0.3) is 5.91 Å². The summed E-state index contributed by atoms with van der Waals surface area (Å²) in [7, 11) is 1.88. The molecule has 1 saturated heterocycles. The number of carbonyl (C=O) groups is 1. The van der Waals surface area contributed by atoms with Crippen LogP contribution in [-0.2, 0) is 7.05 Å². The first-order valence-corrected chi connectivity index (χ1v) is 7.07. The smallest absolute Gasteiger partial charge is 0.270 e. The number of likely N-dealkylation sites (tertiary alicyclic amines) is 1. The van der Waals surface area contributed by atoms with E-state index in [-0.39, 0.29) is 12.0 Å². The van der Waals surface area contributed by atoms with Gasteiger partial charge in [-0.2, -0.15) is 0 Å². The van der Waals surface area contributed by atoms with Crippen LogP contribution in [0.15, 0.2) is 16.7 Å². The highest BCUT2D eigenvalue weighted by Gasteiger charge is 2.27. The zero-order valence-electron chi connectivity index (χ0n) is 10.8. The topological polar surface area (TPSA) is 45.5 Å². The van der Waals surface area contributed by atoms with E-state index >= 15 is 0 Å². The minimum Gasteiger partial charge on any atom is -0.393 e. The molecule has 0 spiro atoms. The average Bonchev–Trinajstić information content (AvgIpc) is 2.67. The summed E-state index contributed by atoms with van der Waals surface area (Å²) >= 11 is 3.38. The first-order valence-electron chi connectivity index (χ1n) is 6.28. The van der Waals surface area contributed by atoms with Crippen LogP contribution in [0.5, 0.6) is 0 Å². The van der Waals surface area contributed by atoms with Crippen LogP contribution in [-0.4, -0.2) is 39.7 Å². The van der Waals surface area contributed by atoms with Gasteiger partial charge in [0.1, 0.15) is 5.69 Å². The van der Waals surface area contributed by atoms with Crippen molar-refractivity contribution in [3.63, 3.8) is 0 Å². The van der Waals surface area contributed by atoms with Gasteiger partial charge in [0.15, 0.2) is 0 Å². The lowest BCUT2D eigenvalue weighted by Crippen LogP contribution is -2.41. The molecule has 100 valence electrons. The molecular formula is C13H19BrN2O2. The lowest BCUT2D eigenvalue weighted by atomic mass is 9.92. The second-order valence-corrected chi connectivity index (χ2v) is 5.94. The number of hydrogen-bond donors (Lipinski definition) is 1. The molecule has 1 unspecified atom stereocenters. The molecule has 4 nitrogen and oxygen atoms in total. The van der Waals surface area contributed by atoms with Crippen molar-refractivity contribution in [2.24, 2.45) is 13.0 Å². The van der Waals surface area contributed by atoms with Crippen LogP contribution in [0.25, 0.3) is 0 Å². The molecule has 0 bridgehead atoms. The molecule has 1 fully saturated rings. The molecule has 18 heavy (non-hydrogen) atoms. The van der Waals surface area contributed by atoms with E-state index in [9.17, 15) is 9.90 Å². The highest BCUT2D eigenvalue weighted by atomic mass is 79.9. The molecule has 2 rings (SSSR count). The highest BCUT2D eigenvalue weighted by Crippen LogP contribution is 2.23. The summed E-state index contributed by atoms with van der Waals surface area (Å²) in [6.45, 7) is 3.30. The molecule has 1 atom stereocenters. The second kappa shape index (κ2) is 5.45. The molecule has 1 aliphatic rings. The van der Waals surface area contributed by atoms with Gasteiger partial charge in [-0.1, -0.05) is 0 Å². The van der Waals surface area contributed by atoms with Crippen molar-refractivity contribution < 1.29 is 9.90 Å². The van der Waals surface area contributed by atoms with E-state index in [0.29, 0.717) is 11.6 Å². The van der Waals surface area contributed by atoms with Gasteiger partial charge in [0.05, 0.1) is 6.10 Å². The summed E-state index contributed by atoms with van der Waals surface area (Å²) < 4.78 is 2.76. The van der Waals surface area contributed by atoms with Crippen LogP contribution in [0.1, 0.15) is 30.3 Å². The van der Waals surface area contributed by atoms with Crippen molar-refractivity contribution in [3.05, 3.63) is 22.4 Å².